The van der Waals surface area contributed by atoms with E-state index in [1.165, 1.54) is 0 Å². The summed E-state index contributed by atoms with van der Waals surface area (Å²) >= 11 is 0. The van der Waals surface area contributed by atoms with Crippen LogP contribution in [0.4, 0.5) is 17.5 Å². The van der Waals surface area contributed by atoms with E-state index in [4.69, 9.17) is 16.2 Å². The highest BCUT2D eigenvalue weighted by Gasteiger charge is 2.20. The van der Waals surface area contributed by atoms with E-state index in [0.717, 1.165) is 5.69 Å². The first kappa shape index (κ1) is 23.6. The lowest BCUT2D eigenvalue weighted by molar-refractivity contribution is -0.139. The molecule has 0 unspecified atom stereocenters. The second-order valence-corrected chi connectivity index (χ2v) is 7.40. The van der Waals surface area contributed by atoms with Gasteiger partial charge in [-0.2, -0.15) is 9.97 Å². The summed E-state index contributed by atoms with van der Waals surface area (Å²) < 4.78 is 4.94. The predicted octanol–water partition coefficient (Wildman–Crippen LogP) is 0.830. The molecule has 174 valence electrons. The van der Waals surface area contributed by atoms with E-state index in [1.807, 2.05) is 11.9 Å². The molecule has 3 aromatic rings. The Balaban J connectivity index is 1.66. The number of fused-ring (bicyclic) bond motifs is 1. The van der Waals surface area contributed by atoms with Crippen LogP contribution in [-0.2, 0) is 16.1 Å². The molecular formula is C21H26N8O4. The summed E-state index contributed by atoms with van der Waals surface area (Å²) in [7, 11) is 3.40. The SMILES string of the molecule is COCCC[C@H](NC(=O)c1ccc(N(C)Cc2cnc3nc(N)nc(N)c3n2)cc1)C(=O)O. The van der Waals surface area contributed by atoms with Crippen LogP contribution in [0, 0.1) is 0 Å². The number of ether oxygens (including phenoxy) is 1. The number of carboxylic acids is 1. The normalized spacial score (nSPS) is 11.8. The summed E-state index contributed by atoms with van der Waals surface area (Å²) in [4.78, 5) is 42.4. The van der Waals surface area contributed by atoms with Crippen molar-refractivity contribution in [2.75, 3.05) is 37.1 Å². The first-order chi connectivity index (χ1) is 15.8. The number of carbonyl (C=O) groups excluding carboxylic acids is 1. The molecule has 0 spiro atoms. The predicted molar refractivity (Wildman–Crippen MR) is 123 cm³/mol. The van der Waals surface area contributed by atoms with E-state index in [9.17, 15) is 14.7 Å². The highest BCUT2D eigenvalue weighted by atomic mass is 16.5. The number of aliphatic carboxylic acids is 1. The molecule has 0 saturated carbocycles. The van der Waals surface area contributed by atoms with Crippen molar-refractivity contribution < 1.29 is 19.4 Å². The fourth-order valence-electron chi connectivity index (χ4n) is 3.19. The molecule has 33 heavy (non-hydrogen) atoms. The topological polar surface area (TPSA) is 182 Å². The lowest BCUT2D eigenvalue weighted by Gasteiger charge is -2.19. The molecule has 2 heterocycles. The number of methoxy groups -OCH3 is 1. The number of rotatable bonds is 10. The number of nitrogen functional groups attached to an aromatic ring is 2. The Morgan fingerprint density at radius 3 is 2.58 bits per heavy atom. The molecule has 12 nitrogen and oxygen atoms in total. The smallest absolute Gasteiger partial charge is 0.326 e. The molecule has 0 saturated heterocycles. The number of hydrogen-bond acceptors (Lipinski definition) is 10. The zero-order chi connectivity index (χ0) is 24.0. The van der Waals surface area contributed by atoms with Crippen molar-refractivity contribution in [3.8, 4) is 0 Å². The highest BCUT2D eigenvalue weighted by Crippen LogP contribution is 2.19. The summed E-state index contributed by atoms with van der Waals surface area (Å²) in [6.07, 6.45) is 2.40. The van der Waals surface area contributed by atoms with Crippen molar-refractivity contribution in [2.45, 2.75) is 25.4 Å². The van der Waals surface area contributed by atoms with Crippen LogP contribution in [0.5, 0.6) is 0 Å². The number of benzene rings is 1. The minimum absolute atomic E-state index is 0.0351. The number of hydrogen-bond donors (Lipinski definition) is 4. The molecule has 0 fully saturated rings. The number of carbonyl (C=O) groups is 2. The molecule has 0 radical (unpaired) electrons. The fourth-order valence-corrected chi connectivity index (χ4v) is 3.19. The third kappa shape index (κ3) is 6.01. The van der Waals surface area contributed by atoms with Gasteiger partial charge in [0.1, 0.15) is 6.04 Å². The van der Waals surface area contributed by atoms with Crippen LogP contribution in [0.25, 0.3) is 11.2 Å². The Labute approximate surface area is 190 Å². The molecule has 1 atom stereocenters. The first-order valence-corrected chi connectivity index (χ1v) is 10.2. The molecule has 3 rings (SSSR count). The van der Waals surface area contributed by atoms with Gasteiger partial charge in [-0.3, -0.25) is 4.79 Å². The number of amides is 1. The number of nitrogens with one attached hydrogen (secondary N) is 1. The summed E-state index contributed by atoms with van der Waals surface area (Å²) in [5, 5.41) is 11.9. The molecule has 0 bridgehead atoms. The maximum Gasteiger partial charge on any atom is 0.326 e. The van der Waals surface area contributed by atoms with Crippen molar-refractivity contribution in [2.24, 2.45) is 0 Å². The molecule has 12 heteroatoms. The average molecular weight is 454 g/mol. The van der Waals surface area contributed by atoms with E-state index in [0.29, 0.717) is 42.0 Å². The molecule has 6 N–H and O–H groups in total. The molecular weight excluding hydrogens is 428 g/mol. The van der Waals surface area contributed by atoms with Crippen LogP contribution in [-0.4, -0.2) is 63.7 Å². The zero-order valence-electron chi connectivity index (χ0n) is 18.4. The fraction of sp³-hybridized carbons (Fsp3) is 0.333. The third-order valence-corrected chi connectivity index (χ3v) is 4.92. The van der Waals surface area contributed by atoms with Crippen LogP contribution in [0.15, 0.2) is 30.5 Å². The van der Waals surface area contributed by atoms with Crippen LogP contribution in [0.1, 0.15) is 28.9 Å². The van der Waals surface area contributed by atoms with Gasteiger partial charge in [0.2, 0.25) is 5.95 Å². The largest absolute Gasteiger partial charge is 0.480 e. The van der Waals surface area contributed by atoms with E-state index in [1.54, 1.807) is 37.6 Å². The van der Waals surface area contributed by atoms with E-state index in [2.05, 4.69) is 25.3 Å². The van der Waals surface area contributed by atoms with Gasteiger partial charge < -0.3 is 31.5 Å². The Morgan fingerprint density at radius 1 is 1.18 bits per heavy atom. The molecule has 0 aliphatic heterocycles. The molecule has 2 aromatic heterocycles. The Bertz CT molecular complexity index is 1140. The summed E-state index contributed by atoms with van der Waals surface area (Å²) in [6, 6.07) is 5.82. The summed E-state index contributed by atoms with van der Waals surface area (Å²) in [5.41, 5.74) is 14.0. The van der Waals surface area contributed by atoms with Gasteiger partial charge in [-0.25, -0.2) is 14.8 Å². The Kier molecular flexibility index (Phi) is 7.51. The van der Waals surface area contributed by atoms with Gasteiger partial charge in [-0.05, 0) is 37.1 Å². The first-order valence-electron chi connectivity index (χ1n) is 10.2. The molecule has 0 aliphatic carbocycles. The van der Waals surface area contributed by atoms with Gasteiger partial charge in [-0.15, -0.1) is 0 Å². The standard InChI is InChI=1S/C21H26N8O4/c1-29(11-13-10-24-18-16(25-13)17(22)27-21(23)28-18)14-7-5-12(6-8-14)19(30)26-15(20(31)32)4-3-9-33-2/h5-8,10,15H,3-4,9,11H2,1-2H3,(H,26,30)(H,31,32)(H4,22,23,24,27,28)/t15-/m0/s1. The van der Waals surface area contributed by atoms with Crippen molar-refractivity contribution in [1.82, 2.24) is 25.3 Å². The number of nitrogens with zero attached hydrogens (tertiary/aromatic N) is 5. The minimum Gasteiger partial charge on any atom is -0.480 e. The summed E-state index contributed by atoms with van der Waals surface area (Å²) in [6.45, 7) is 0.842. The number of anilines is 3. The van der Waals surface area contributed by atoms with Crippen LogP contribution in [0.3, 0.4) is 0 Å². The second kappa shape index (κ2) is 10.5. The zero-order valence-corrected chi connectivity index (χ0v) is 18.4. The molecule has 1 amide bonds. The maximum absolute atomic E-state index is 12.5. The quantitative estimate of drug-likeness (QED) is 0.318. The van der Waals surface area contributed by atoms with Gasteiger partial charge in [0.25, 0.3) is 5.91 Å². The van der Waals surface area contributed by atoms with E-state index in [-0.39, 0.29) is 18.2 Å². The summed E-state index contributed by atoms with van der Waals surface area (Å²) in [5.74, 6) is -1.34. The van der Waals surface area contributed by atoms with Crippen LogP contribution < -0.4 is 21.7 Å². The lowest BCUT2D eigenvalue weighted by atomic mass is 10.1. The number of aromatic nitrogens is 4. The van der Waals surface area contributed by atoms with Crippen molar-refractivity contribution in [3.05, 3.63) is 41.7 Å². The lowest BCUT2D eigenvalue weighted by Crippen LogP contribution is -2.40. The average Bonchev–Trinajstić information content (AvgIpc) is 2.78. The third-order valence-electron chi connectivity index (χ3n) is 4.92. The maximum atomic E-state index is 12.5. The van der Waals surface area contributed by atoms with E-state index < -0.39 is 17.9 Å². The van der Waals surface area contributed by atoms with Gasteiger partial charge in [0.05, 0.1) is 18.4 Å². The second-order valence-electron chi connectivity index (χ2n) is 7.40. The molecule has 1 aromatic carbocycles. The monoisotopic (exact) mass is 454 g/mol. The van der Waals surface area contributed by atoms with Crippen molar-refractivity contribution in [1.29, 1.82) is 0 Å². The van der Waals surface area contributed by atoms with Gasteiger partial charge in [0.15, 0.2) is 17.0 Å². The van der Waals surface area contributed by atoms with Gasteiger partial charge in [-0.1, -0.05) is 0 Å². The van der Waals surface area contributed by atoms with Crippen LogP contribution in [0.2, 0.25) is 0 Å². The van der Waals surface area contributed by atoms with Gasteiger partial charge in [0, 0.05) is 32.0 Å². The number of carboxylic acid groups (broad SMARTS) is 1. The highest BCUT2D eigenvalue weighted by molar-refractivity contribution is 5.96. The Hall–Kier alpha value is -4.06. The molecule has 0 aliphatic rings. The van der Waals surface area contributed by atoms with Crippen LogP contribution >= 0.6 is 0 Å². The number of nitrogens with two attached hydrogens (primary N) is 2. The Morgan fingerprint density at radius 2 is 1.91 bits per heavy atom. The van der Waals surface area contributed by atoms with E-state index >= 15 is 0 Å². The minimum atomic E-state index is -1.08. The van der Waals surface area contributed by atoms with Crippen molar-refractivity contribution >= 4 is 40.5 Å². The van der Waals surface area contributed by atoms with Crippen molar-refractivity contribution in [3.63, 3.8) is 0 Å². The van der Waals surface area contributed by atoms with Gasteiger partial charge >= 0.3 is 5.97 Å².